The predicted molar refractivity (Wildman–Crippen MR) is 51.9 cm³/mol. The third-order valence-electron chi connectivity index (χ3n) is 3.41. The van der Waals surface area contributed by atoms with Crippen molar-refractivity contribution in [1.29, 1.82) is 5.26 Å². The van der Waals surface area contributed by atoms with Gasteiger partial charge in [0.25, 0.3) is 0 Å². The maximum Gasteiger partial charge on any atom is 0.132 e. The molecule has 1 aromatic rings. The molecule has 15 heavy (non-hydrogen) atoms. The number of nitrogens with two attached hydrogens (primary N) is 1. The molecule has 1 aromatic heterocycles. The number of nitrogens with zero attached hydrogens (tertiary/aromatic N) is 2. The lowest BCUT2D eigenvalue weighted by Gasteiger charge is -2.51. The molecule has 2 atom stereocenters. The van der Waals surface area contributed by atoms with Crippen molar-refractivity contribution in [2.45, 2.75) is 25.3 Å². The molecule has 0 amide bonds. The minimum Gasteiger partial charge on any atom is -0.320 e. The molecule has 2 unspecified atom stereocenters. The zero-order chi connectivity index (χ0) is 11.1. The fraction of sp³-hybridized carbons (Fsp3) is 0.455. The summed E-state index contributed by atoms with van der Waals surface area (Å²) in [5.41, 5.74) is 4.64. The fourth-order valence-corrected chi connectivity index (χ4v) is 1.98. The Morgan fingerprint density at radius 1 is 1.67 bits per heavy atom. The first-order chi connectivity index (χ1) is 7.03. The molecular weight excluding hydrogens is 193 g/mol. The van der Waals surface area contributed by atoms with Crippen LogP contribution in [0.15, 0.2) is 12.3 Å². The number of hydrogen-bond acceptors (Lipinski definition) is 3. The van der Waals surface area contributed by atoms with Crippen molar-refractivity contribution in [2.24, 2.45) is 11.1 Å². The molecule has 0 aliphatic heterocycles. The van der Waals surface area contributed by atoms with Gasteiger partial charge >= 0.3 is 0 Å². The summed E-state index contributed by atoms with van der Waals surface area (Å²) in [6.45, 7) is 1.75. The molecule has 1 radical (unpaired) electrons. The van der Waals surface area contributed by atoms with Crippen LogP contribution in [0.5, 0.6) is 0 Å². The Morgan fingerprint density at radius 2 is 2.40 bits per heavy atom. The number of aromatic nitrogens is 1. The molecule has 1 fully saturated rings. The van der Waals surface area contributed by atoms with Crippen LogP contribution in [0, 0.1) is 28.8 Å². The molecule has 0 spiro atoms. The van der Waals surface area contributed by atoms with Crippen LogP contribution in [0.3, 0.4) is 0 Å². The van der Waals surface area contributed by atoms with Gasteiger partial charge in [0.15, 0.2) is 0 Å². The van der Waals surface area contributed by atoms with Gasteiger partial charge in [-0.05, 0) is 25.8 Å². The summed E-state index contributed by atoms with van der Waals surface area (Å²) in [6.07, 6.45) is 5.17. The lowest BCUT2D eigenvalue weighted by atomic mass is 9.54. The summed E-state index contributed by atoms with van der Waals surface area (Å²) in [6, 6.07) is 3.40. The normalized spacial score (nSPS) is 34.3. The van der Waals surface area contributed by atoms with E-state index in [-0.39, 0.29) is 5.56 Å². The van der Waals surface area contributed by atoms with E-state index >= 15 is 0 Å². The monoisotopic (exact) mass is 204 g/mol. The Morgan fingerprint density at radius 3 is 2.87 bits per heavy atom. The standard InChI is InChI=1S/C11H11FN3/c1-10(7-13)3-4-11(10,14)8-6-15-5-2-9(8)12/h2,5H,3-4,14H2,1H3. The Bertz CT molecular complexity index is 440. The van der Waals surface area contributed by atoms with Gasteiger partial charge < -0.3 is 5.73 Å². The number of rotatable bonds is 1. The second kappa shape index (κ2) is 3.01. The first-order valence-corrected chi connectivity index (χ1v) is 4.76. The average molecular weight is 204 g/mol. The van der Waals surface area contributed by atoms with Crippen LogP contribution in [-0.4, -0.2) is 4.98 Å². The van der Waals surface area contributed by atoms with Gasteiger partial charge in [0.1, 0.15) is 5.82 Å². The minimum absolute atomic E-state index is 0.223. The molecule has 0 saturated heterocycles. The second-order valence-corrected chi connectivity index (χ2v) is 4.19. The second-order valence-electron chi connectivity index (χ2n) is 4.19. The van der Waals surface area contributed by atoms with Crippen LogP contribution in [0.4, 0.5) is 4.39 Å². The summed E-state index contributed by atoms with van der Waals surface area (Å²) < 4.78 is 13.5. The Hall–Kier alpha value is -1.47. The van der Waals surface area contributed by atoms with Crippen LogP contribution in [0.25, 0.3) is 0 Å². The van der Waals surface area contributed by atoms with E-state index in [0.717, 1.165) is 0 Å². The van der Waals surface area contributed by atoms with Gasteiger partial charge in [-0.25, -0.2) is 4.39 Å². The van der Waals surface area contributed by atoms with Gasteiger partial charge in [-0.15, -0.1) is 0 Å². The van der Waals surface area contributed by atoms with E-state index < -0.39 is 16.8 Å². The number of pyridine rings is 1. The molecule has 77 valence electrons. The van der Waals surface area contributed by atoms with Crippen molar-refractivity contribution in [1.82, 2.24) is 4.98 Å². The summed E-state index contributed by atoms with van der Waals surface area (Å²) in [7, 11) is 0. The molecule has 3 nitrogen and oxygen atoms in total. The van der Waals surface area contributed by atoms with Crippen LogP contribution in [-0.2, 0) is 5.54 Å². The highest BCUT2D eigenvalue weighted by Crippen LogP contribution is 2.54. The minimum atomic E-state index is -0.944. The smallest absolute Gasteiger partial charge is 0.132 e. The Labute approximate surface area is 87.7 Å². The largest absolute Gasteiger partial charge is 0.320 e. The third-order valence-corrected chi connectivity index (χ3v) is 3.41. The first-order valence-electron chi connectivity index (χ1n) is 4.76. The molecule has 0 aromatic carbocycles. The van der Waals surface area contributed by atoms with Gasteiger partial charge in [0.05, 0.1) is 23.2 Å². The van der Waals surface area contributed by atoms with Crippen molar-refractivity contribution in [3.8, 4) is 6.07 Å². The van der Waals surface area contributed by atoms with Gasteiger partial charge in [-0.2, -0.15) is 5.26 Å². The Balaban J connectivity index is 2.49. The lowest BCUT2D eigenvalue weighted by molar-refractivity contribution is 0.0661. The van der Waals surface area contributed by atoms with E-state index in [2.05, 4.69) is 17.3 Å². The van der Waals surface area contributed by atoms with E-state index in [1.54, 1.807) is 6.92 Å². The van der Waals surface area contributed by atoms with E-state index in [1.165, 1.54) is 12.3 Å². The van der Waals surface area contributed by atoms with E-state index in [9.17, 15) is 4.39 Å². The van der Waals surface area contributed by atoms with Crippen molar-refractivity contribution in [3.05, 3.63) is 29.8 Å². The number of hydrogen-bond donors (Lipinski definition) is 1. The van der Waals surface area contributed by atoms with E-state index in [4.69, 9.17) is 11.0 Å². The molecule has 1 aliphatic carbocycles. The SMILES string of the molecule is CC1(C#N)CCC1(N)c1[c]nccc1F. The van der Waals surface area contributed by atoms with Crippen molar-refractivity contribution < 1.29 is 4.39 Å². The predicted octanol–water partition coefficient (Wildman–Crippen LogP) is 1.50. The van der Waals surface area contributed by atoms with Crippen LogP contribution in [0.2, 0.25) is 0 Å². The molecule has 1 aliphatic rings. The maximum atomic E-state index is 13.5. The number of halogens is 1. The first kappa shape index (κ1) is 10.1. The van der Waals surface area contributed by atoms with Crippen LogP contribution in [0.1, 0.15) is 25.3 Å². The fourth-order valence-electron chi connectivity index (χ4n) is 1.98. The molecule has 4 heteroatoms. The van der Waals surface area contributed by atoms with E-state index in [1.807, 2.05) is 0 Å². The van der Waals surface area contributed by atoms with Crippen molar-refractivity contribution in [2.75, 3.05) is 0 Å². The third kappa shape index (κ3) is 1.17. The molecule has 1 heterocycles. The summed E-state index contributed by atoms with van der Waals surface area (Å²) in [5.74, 6) is -0.436. The van der Waals surface area contributed by atoms with Gasteiger partial charge in [0, 0.05) is 11.8 Å². The molecule has 1 saturated carbocycles. The number of nitriles is 1. The van der Waals surface area contributed by atoms with Crippen LogP contribution >= 0.6 is 0 Å². The topological polar surface area (TPSA) is 62.7 Å². The highest BCUT2D eigenvalue weighted by atomic mass is 19.1. The molecular formula is C11H11FN3. The van der Waals surface area contributed by atoms with Crippen molar-refractivity contribution >= 4 is 0 Å². The molecule has 2 rings (SSSR count). The maximum absolute atomic E-state index is 13.5. The lowest BCUT2D eigenvalue weighted by Crippen LogP contribution is -2.59. The highest BCUT2D eigenvalue weighted by Gasteiger charge is 2.56. The molecule has 0 bridgehead atoms. The quantitative estimate of drug-likeness (QED) is 0.754. The average Bonchev–Trinajstić information content (AvgIpc) is 2.26. The van der Waals surface area contributed by atoms with Gasteiger partial charge in [-0.1, -0.05) is 0 Å². The van der Waals surface area contributed by atoms with Gasteiger partial charge in [0.2, 0.25) is 0 Å². The van der Waals surface area contributed by atoms with Crippen molar-refractivity contribution in [3.63, 3.8) is 0 Å². The Kier molecular flexibility index (Phi) is 2.02. The zero-order valence-corrected chi connectivity index (χ0v) is 8.42. The van der Waals surface area contributed by atoms with Gasteiger partial charge in [-0.3, -0.25) is 4.98 Å². The van der Waals surface area contributed by atoms with E-state index in [0.29, 0.717) is 12.8 Å². The summed E-state index contributed by atoms with van der Waals surface area (Å²) in [5, 5.41) is 9.05. The summed E-state index contributed by atoms with van der Waals surface area (Å²) >= 11 is 0. The van der Waals surface area contributed by atoms with Crippen LogP contribution < -0.4 is 5.73 Å². The molecule has 2 N–H and O–H groups in total. The zero-order valence-electron chi connectivity index (χ0n) is 8.42. The highest BCUT2D eigenvalue weighted by molar-refractivity contribution is 5.33. The summed E-state index contributed by atoms with van der Waals surface area (Å²) in [4.78, 5) is 3.74.